The molecule has 0 aromatic rings. The molecule has 13 heavy (non-hydrogen) atoms. The average Bonchev–Trinajstić information content (AvgIpc) is 2.55. The van der Waals surface area contributed by atoms with E-state index in [1.165, 1.54) is 32.5 Å². The molecule has 1 fully saturated rings. The Hall–Kier alpha value is 0.210. The van der Waals surface area contributed by atoms with Gasteiger partial charge in [0.15, 0.2) is 0 Å². The number of rotatable bonds is 6. The van der Waals surface area contributed by atoms with E-state index in [4.69, 9.17) is 11.6 Å². The number of hydrogen-bond acceptors (Lipinski definition) is 2. The van der Waals surface area contributed by atoms with Gasteiger partial charge >= 0.3 is 0 Å². The molecule has 1 N–H and O–H groups in total. The maximum absolute atomic E-state index is 5.83. The third-order valence-electron chi connectivity index (χ3n) is 2.52. The van der Waals surface area contributed by atoms with Crippen LogP contribution in [0.2, 0.25) is 0 Å². The van der Waals surface area contributed by atoms with Crippen molar-refractivity contribution < 1.29 is 0 Å². The number of alkyl halides is 1. The Morgan fingerprint density at radius 1 is 1.31 bits per heavy atom. The highest BCUT2D eigenvalue weighted by Gasteiger charge is 2.09. The third-order valence-corrected chi connectivity index (χ3v) is 2.74. The van der Waals surface area contributed by atoms with Crippen LogP contribution in [0.25, 0.3) is 0 Å². The molecule has 0 aliphatic carbocycles. The van der Waals surface area contributed by atoms with Gasteiger partial charge in [-0.05, 0) is 45.8 Å². The number of halogens is 1. The minimum absolute atomic E-state index is 0.305. The molecule has 3 heteroatoms. The number of nitrogens with one attached hydrogen (secondary N) is 1. The Morgan fingerprint density at radius 3 is 2.62 bits per heavy atom. The minimum atomic E-state index is 0.305. The van der Waals surface area contributed by atoms with Crippen LogP contribution in [0, 0.1) is 0 Å². The van der Waals surface area contributed by atoms with Gasteiger partial charge in [-0.3, -0.25) is 0 Å². The lowest BCUT2D eigenvalue weighted by Gasteiger charge is -2.14. The molecule has 78 valence electrons. The predicted molar refractivity (Wildman–Crippen MR) is 58.5 cm³/mol. The van der Waals surface area contributed by atoms with Gasteiger partial charge in [0.2, 0.25) is 0 Å². The van der Waals surface area contributed by atoms with Crippen LogP contribution in [0.15, 0.2) is 0 Å². The lowest BCUT2D eigenvalue weighted by atomic mass is 10.3. The molecule has 0 radical (unpaired) electrons. The smallest absolute Gasteiger partial charge is 0.0319 e. The second-order valence-electron chi connectivity index (χ2n) is 3.87. The highest BCUT2D eigenvalue weighted by atomic mass is 35.5. The van der Waals surface area contributed by atoms with Gasteiger partial charge < -0.3 is 10.2 Å². The first-order chi connectivity index (χ1) is 6.29. The van der Waals surface area contributed by atoms with Gasteiger partial charge in [-0.25, -0.2) is 0 Å². The second kappa shape index (κ2) is 6.63. The Balaban J connectivity index is 1.83. The molecular formula is C10H21ClN2. The molecule has 0 saturated carbocycles. The summed E-state index contributed by atoms with van der Waals surface area (Å²) in [6.07, 6.45) is 3.85. The first kappa shape index (κ1) is 11.3. The van der Waals surface area contributed by atoms with Crippen molar-refractivity contribution in [3.63, 3.8) is 0 Å². The van der Waals surface area contributed by atoms with Crippen LogP contribution in [0.4, 0.5) is 0 Å². The average molecular weight is 205 g/mol. The monoisotopic (exact) mass is 204 g/mol. The molecular weight excluding hydrogens is 184 g/mol. The van der Waals surface area contributed by atoms with E-state index in [1.807, 2.05) is 6.92 Å². The number of nitrogens with zero attached hydrogens (tertiary/aromatic N) is 1. The summed E-state index contributed by atoms with van der Waals surface area (Å²) in [6.45, 7) is 8.02. The van der Waals surface area contributed by atoms with Crippen molar-refractivity contribution in [2.24, 2.45) is 0 Å². The quantitative estimate of drug-likeness (QED) is 0.524. The van der Waals surface area contributed by atoms with E-state index in [0.29, 0.717) is 5.38 Å². The topological polar surface area (TPSA) is 15.3 Å². The largest absolute Gasteiger partial charge is 0.315 e. The summed E-state index contributed by atoms with van der Waals surface area (Å²) < 4.78 is 0. The Kier molecular flexibility index (Phi) is 5.76. The van der Waals surface area contributed by atoms with Crippen molar-refractivity contribution >= 4 is 11.6 Å². The van der Waals surface area contributed by atoms with Crippen molar-refractivity contribution in [3.05, 3.63) is 0 Å². The molecule has 1 heterocycles. The molecule has 0 spiro atoms. The summed E-state index contributed by atoms with van der Waals surface area (Å²) >= 11 is 5.83. The summed E-state index contributed by atoms with van der Waals surface area (Å²) in [7, 11) is 0. The maximum Gasteiger partial charge on any atom is 0.0319 e. The van der Waals surface area contributed by atoms with Gasteiger partial charge in [-0.1, -0.05) is 0 Å². The van der Waals surface area contributed by atoms with Crippen LogP contribution in [0.3, 0.4) is 0 Å². The molecule has 0 aromatic carbocycles. The van der Waals surface area contributed by atoms with Crippen molar-refractivity contribution in [2.45, 2.75) is 31.6 Å². The van der Waals surface area contributed by atoms with Crippen LogP contribution in [0.5, 0.6) is 0 Å². The SMILES string of the molecule is CC(Cl)CCNCCN1CCCC1. The molecule has 2 nitrogen and oxygen atoms in total. The summed E-state index contributed by atoms with van der Waals surface area (Å²) in [5.74, 6) is 0. The molecule has 0 bridgehead atoms. The third kappa shape index (κ3) is 5.50. The van der Waals surface area contributed by atoms with Crippen LogP contribution in [0.1, 0.15) is 26.2 Å². The van der Waals surface area contributed by atoms with E-state index in [-0.39, 0.29) is 0 Å². The summed E-state index contributed by atoms with van der Waals surface area (Å²) in [5.41, 5.74) is 0. The fourth-order valence-corrected chi connectivity index (χ4v) is 1.78. The molecule has 1 aliphatic rings. The fraction of sp³-hybridized carbons (Fsp3) is 1.00. The maximum atomic E-state index is 5.83. The molecule has 1 unspecified atom stereocenters. The molecule has 0 aromatic heterocycles. The van der Waals surface area contributed by atoms with Crippen molar-refractivity contribution in [1.29, 1.82) is 0 Å². The van der Waals surface area contributed by atoms with Gasteiger partial charge in [0.1, 0.15) is 0 Å². The molecule has 1 saturated heterocycles. The lowest BCUT2D eigenvalue weighted by molar-refractivity contribution is 0.336. The van der Waals surface area contributed by atoms with Gasteiger partial charge in [0.05, 0.1) is 0 Å². The normalized spacial score (nSPS) is 20.8. The first-order valence-electron chi connectivity index (χ1n) is 5.36. The zero-order chi connectivity index (χ0) is 9.52. The van der Waals surface area contributed by atoms with E-state index in [1.54, 1.807) is 0 Å². The minimum Gasteiger partial charge on any atom is -0.315 e. The van der Waals surface area contributed by atoms with E-state index in [9.17, 15) is 0 Å². The van der Waals surface area contributed by atoms with Crippen molar-refractivity contribution in [1.82, 2.24) is 10.2 Å². The highest BCUT2D eigenvalue weighted by molar-refractivity contribution is 6.20. The summed E-state index contributed by atoms with van der Waals surface area (Å²) in [4.78, 5) is 2.52. The second-order valence-corrected chi connectivity index (χ2v) is 4.61. The molecule has 0 amide bonds. The predicted octanol–water partition coefficient (Wildman–Crippen LogP) is 1.69. The first-order valence-corrected chi connectivity index (χ1v) is 5.80. The zero-order valence-electron chi connectivity index (χ0n) is 8.56. The van der Waals surface area contributed by atoms with Gasteiger partial charge in [0.25, 0.3) is 0 Å². The van der Waals surface area contributed by atoms with Gasteiger partial charge in [-0.15, -0.1) is 11.6 Å². The Morgan fingerprint density at radius 2 is 2.00 bits per heavy atom. The highest BCUT2D eigenvalue weighted by Crippen LogP contribution is 2.05. The van der Waals surface area contributed by atoms with Gasteiger partial charge in [0, 0.05) is 18.5 Å². The van der Waals surface area contributed by atoms with E-state index >= 15 is 0 Å². The van der Waals surface area contributed by atoms with Crippen LogP contribution in [-0.2, 0) is 0 Å². The fourth-order valence-electron chi connectivity index (χ4n) is 1.67. The molecule has 1 rings (SSSR count). The van der Waals surface area contributed by atoms with Crippen molar-refractivity contribution in [2.75, 3.05) is 32.7 Å². The van der Waals surface area contributed by atoms with Crippen LogP contribution < -0.4 is 5.32 Å². The van der Waals surface area contributed by atoms with E-state index in [2.05, 4.69) is 10.2 Å². The van der Waals surface area contributed by atoms with Gasteiger partial charge in [-0.2, -0.15) is 0 Å². The number of hydrogen-bond donors (Lipinski definition) is 1. The lowest BCUT2D eigenvalue weighted by Crippen LogP contribution is -2.30. The summed E-state index contributed by atoms with van der Waals surface area (Å²) in [6, 6.07) is 0. The van der Waals surface area contributed by atoms with E-state index < -0.39 is 0 Å². The van der Waals surface area contributed by atoms with Crippen LogP contribution in [-0.4, -0.2) is 43.0 Å². The zero-order valence-corrected chi connectivity index (χ0v) is 9.32. The summed E-state index contributed by atoms with van der Waals surface area (Å²) in [5, 5.41) is 3.72. The van der Waals surface area contributed by atoms with E-state index in [0.717, 1.165) is 19.5 Å². The van der Waals surface area contributed by atoms with Crippen LogP contribution >= 0.6 is 11.6 Å². The Labute approximate surface area is 86.6 Å². The number of likely N-dealkylation sites (tertiary alicyclic amines) is 1. The standard InChI is InChI=1S/C10H21ClN2/c1-10(11)4-5-12-6-9-13-7-2-3-8-13/h10,12H,2-9H2,1H3. The molecule has 1 aliphatic heterocycles. The van der Waals surface area contributed by atoms with Crippen molar-refractivity contribution in [3.8, 4) is 0 Å². The molecule has 1 atom stereocenters. The Bertz CT molecular complexity index is 122.